The minimum Gasteiger partial charge on any atom is -0.337 e. The van der Waals surface area contributed by atoms with Crippen LogP contribution in [0.3, 0.4) is 0 Å². The molecule has 2 rings (SSSR count). The maximum Gasteiger partial charge on any atom is 0.239 e. The van der Waals surface area contributed by atoms with E-state index < -0.39 is 0 Å². The van der Waals surface area contributed by atoms with E-state index in [0.29, 0.717) is 12.1 Å². The van der Waals surface area contributed by atoms with Gasteiger partial charge in [-0.3, -0.25) is 4.79 Å². The quantitative estimate of drug-likeness (QED) is 0.898. The number of benzene rings is 1. The first kappa shape index (κ1) is 15.5. The zero-order valence-electron chi connectivity index (χ0n) is 10.7. The molecule has 1 aromatic carbocycles. The lowest BCUT2D eigenvalue weighted by atomic mass is 10.1. The maximum absolute atomic E-state index is 12.0. The molecule has 0 aromatic heterocycles. The summed E-state index contributed by atoms with van der Waals surface area (Å²) in [7, 11) is 0. The summed E-state index contributed by atoms with van der Waals surface area (Å²) in [4.78, 5) is 13.8. The summed E-state index contributed by atoms with van der Waals surface area (Å²) in [6.07, 6.45) is 2.77. The first-order chi connectivity index (χ1) is 8.70. The Morgan fingerprint density at radius 3 is 2.95 bits per heavy atom. The highest BCUT2D eigenvalue weighted by Crippen LogP contribution is 2.14. The van der Waals surface area contributed by atoms with E-state index in [4.69, 9.17) is 11.0 Å². The number of amides is 1. The molecule has 5 heteroatoms. The number of hydrogen-bond acceptors (Lipinski definition) is 3. The fourth-order valence-corrected chi connectivity index (χ4v) is 2.25. The van der Waals surface area contributed by atoms with Crippen molar-refractivity contribution in [2.24, 2.45) is 5.73 Å². The zero-order chi connectivity index (χ0) is 13.0. The highest BCUT2D eigenvalue weighted by molar-refractivity contribution is 5.85. The first-order valence-electron chi connectivity index (χ1n) is 6.24. The van der Waals surface area contributed by atoms with Gasteiger partial charge in [0.15, 0.2) is 0 Å². The number of rotatable bonds is 2. The van der Waals surface area contributed by atoms with Crippen LogP contribution in [0.4, 0.5) is 0 Å². The molecule has 1 saturated heterocycles. The summed E-state index contributed by atoms with van der Waals surface area (Å²) in [5.74, 6) is 0.0230. The lowest BCUT2D eigenvalue weighted by Gasteiger charge is -2.22. The van der Waals surface area contributed by atoms with E-state index in [0.717, 1.165) is 31.4 Å². The summed E-state index contributed by atoms with van der Waals surface area (Å²) >= 11 is 0. The smallest absolute Gasteiger partial charge is 0.239 e. The Kier molecular flexibility index (Phi) is 5.81. The van der Waals surface area contributed by atoms with Crippen LogP contribution in [0.15, 0.2) is 24.3 Å². The Morgan fingerprint density at radius 1 is 1.42 bits per heavy atom. The Morgan fingerprint density at radius 2 is 2.21 bits per heavy atom. The van der Waals surface area contributed by atoms with Crippen LogP contribution < -0.4 is 5.73 Å². The molecule has 1 fully saturated rings. The molecule has 1 amide bonds. The van der Waals surface area contributed by atoms with Gasteiger partial charge in [0.1, 0.15) is 0 Å². The Hall–Kier alpha value is -1.57. The summed E-state index contributed by atoms with van der Waals surface area (Å²) in [6.45, 7) is 1.30. The van der Waals surface area contributed by atoms with Gasteiger partial charge in [0.2, 0.25) is 5.91 Å². The van der Waals surface area contributed by atoms with Gasteiger partial charge in [-0.2, -0.15) is 5.26 Å². The number of nitrogens with zero attached hydrogens (tertiary/aromatic N) is 2. The molecule has 1 aliphatic heterocycles. The van der Waals surface area contributed by atoms with Gasteiger partial charge >= 0.3 is 0 Å². The third-order valence-electron chi connectivity index (χ3n) is 3.25. The highest BCUT2D eigenvalue weighted by Gasteiger charge is 2.23. The molecule has 1 atom stereocenters. The molecule has 0 aliphatic carbocycles. The van der Waals surface area contributed by atoms with Crippen molar-refractivity contribution in [2.75, 3.05) is 6.54 Å². The molecule has 102 valence electrons. The summed E-state index contributed by atoms with van der Waals surface area (Å²) in [6, 6.07) is 9.10. The fraction of sp³-hybridized carbons (Fsp3) is 0.429. The monoisotopic (exact) mass is 279 g/mol. The molecule has 1 heterocycles. The Bertz CT molecular complexity index is 484. The second kappa shape index (κ2) is 7.13. The molecule has 0 bridgehead atoms. The maximum atomic E-state index is 12.0. The molecule has 0 spiro atoms. The van der Waals surface area contributed by atoms with Crippen LogP contribution in [0.5, 0.6) is 0 Å². The van der Waals surface area contributed by atoms with Crippen molar-refractivity contribution < 1.29 is 4.79 Å². The van der Waals surface area contributed by atoms with Gasteiger partial charge in [0, 0.05) is 13.1 Å². The van der Waals surface area contributed by atoms with Crippen molar-refractivity contribution in [2.45, 2.75) is 31.8 Å². The van der Waals surface area contributed by atoms with Gasteiger partial charge in [-0.25, -0.2) is 0 Å². The second-order valence-electron chi connectivity index (χ2n) is 4.67. The molecule has 0 unspecified atom stereocenters. The lowest BCUT2D eigenvalue weighted by Crippen LogP contribution is -2.41. The third kappa shape index (κ3) is 3.95. The standard InChI is InChI=1S/C14H17N3O.ClH/c15-9-11-4-3-5-12(8-11)10-17-7-2-1-6-13(16)14(17)18;/h3-5,8,13H,1-2,6-7,10,16H2;1H/t13-;/m0./s1. The zero-order valence-corrected chi connectivity index (χ0v) is 11.5. The molecule has 1 aliphatic rings. The van der Waals surface area contributed by atoms with Crippen molar-refractivity contribution in [1.82, 2.24) is 4.90 Å². The molecule has 19 heavy (non-hydrogen) atoms. The van der Waals surface area contributed by atoms with E-state index in [2.05, 4.69) is 6.07 Å². The molecule has 0 saturated carbocycles. The van der Waals surface area contributed by atoms with Crippen molar-refractivity contribution >= 4 is 18.3 Å². The van der Waals surface area contributed by atoms with Crippen LogP contribution in [0.2, 0.25) is 0 Å². The number of carbonyl (C=O) groups is 1. The van der Waals surface area contributed by atoms with Crippen LogP contribution in [-0.4, -0.2) is 23.4 Å². The number of carbonyl (C=O) groups excluding carboxylic acids is 1. The largest absolute Gasteiger partial charge is 0.337 e. The van der Waals surface area contributed by atoms with Gasteiger partial charge < -0.3 is 10.6 Å². The van der Waals surface area contributed by atoms with Gasteiger partial charge in [-0.05, 0) is 37.0 Å². The lowest BCUT2D eigenvalue weighted by molar-refractivity contribution is -0.132. The van der Waals surface area contributed by atoms with E-state index in [-0.39, 0.29) is 24.4 Å². The molecule has 2 N–H and O–H groups in total. The third-order valence-corrected chi connectivity index (χ3v) is 3.25. The minimum atomic E-state index is -0.369. The minimum absolute atomic E-state index is 0. The van der Waals surface area contributed by atoms with Crippen molar-refractivity contribution in [3.63, 3.8) is 0 Å². The topological polar surface area (TPSA) is 70.1 Å². The van der Waals surface area contributed by atoms with Crippen LogP contribution in [-0.2, 0) is 11.3 Å². The average Bonchev–Trinajstić information content (AvgIpc) is 2.55. The van der Waals surface area contributed by atoms with E-state index in [1.807, 2.05) is 18.2 Å². The number of likely N-dealkylation sites (tertiary alicyclic amines) is 1. The van der Waals surface area contributed by atoms with Crippen LogP contribution in [0.1, 0.15) is 30.4 Å². The Labute approximate surface area is 119 Å². The van der Waals surface area contributed by atoms with Crippen molar-refractivity contribution in [3.8, 4) is 6.07 Å². The second-order valence-corrected chi connectivity index (χ2v) is 4.67. The molecule has 1 aromatic rings. The van der Waals surface area contributed by atoms with Crippen LogP contribution in [0.25, 0.3) is 0 Å². The predicted molar refractivity (Wildman–Crippen MR) is 75.6 cm³/mol. The van der Waals surface area contributed by atoms with E-state index in [9.17, 15) is 4.79 Å². The van der Waals surface area contributed by atoms with E-state index >= 15 is 0 Å². The SMILES string of the molecule is Cl.N#Cc1cccc(CN2CCCC[C@H](N)C2=O)c1. The van der Waals surface area contributed by atoms with Crippen LogP contribution in [0, 0.1) is 11.3 Å². The molecular formula is C14H18ClN3O. The van der Waals surface area contributed by atoms with Gasteiger partial charge in [0.05, 0.1) is 17.7 Å². The van der Waals surface area contributed by atoms with Crippen molar-refractivity contribution in [1.29, 1.82) is 5.26 Å². The van der Waals surface area contributed by atoms with Crippen LogP contribution >= 0.6 is 12.4 Å². The fourth-order valence-electron chi connectivity index (χ4n) is 2.25. The van der Waals surface area contributed by atoms with Gasteiger partial charge in [-0.1, -0.05) is 12.1 Å². The average molecular weight is 280 g/mol. The molecule has 4 nitrogen and oxygen atoms in total. The first-order valence-corrected chi connectivity index (χ1v) is 6.24. The van der Waals surface area contributed by atoms with Crippen molar-refractivity contribution in [3.05, 3.63) is 35.4 Å². The normalized spacial score (nSPS) is 19.3. The Balaban J connectivity index is 0.00000180. The van der Waals surface area contributed by atoms with E-state index in [1.165, 1.54) is 0 Å². The number of halogens is 1. The number of hydrogen-bond donors (Lipinski definition) is 1. The van der Waals surface area contributed by atoms with Gasteiger partial charge in [-0.15, -0.1) is 12.4 Å². The highest BCUT2D eigenvalue weighted by atomic mass is 35.5. The predicted octanol–water partition coefficient (Wildman–Crippen LogP) is 1.82. The molecule has 0 radical (unpaired) electrons. The number of nitrogens with two attached hydrogens (primary N) is 1. The molecular weight excluding hydrogens is 262 g/mol. The summed E-state index contributed by atoms with van der Waals surface area (Å²) in [5, 5.41) is 8.86. The summed E-state index contributed by atoms with van der Waals surface area (Å²) in [5.41, 5.74) is 7.44. The number of nitriles is 1. The summed E-state index contributed by atoms with van der Waals surface area (Å²) < 4.78 is 0. The van der Waals surface area contributed by atoms with E-state index in [1.54, 1.807) is 11.0 Å². The van der Waals surface area contributed by atoms with Gasteiger partial charge in [0.25, 0.3) is 0 Å².